The fourth-order valence-corrected chi connectivity index (χ4v) is 3.58. The summed E-state index contributed by atoms with van der Waals surface area (Å²) < 4.78 is 0. The van der Waals surface area contributed by atoms with E-state index in [2.05, 4.69) is 54.1 Å². The second-order valence-electron chi connectivity index (χ2n) is 6.91. The molecule has 3 heteroatoms. The molecule has 2 heterocycles. The Morgan fingerprint density at radius 2 is 1.90 bits per heavy atom. The van der Waals surface area contributed by atoms with Gasteiger partial charge in [-0.3, -0.25) is 4.90 Å². The zero-order chi connectivity index (χ0) is 14.8. The van der Waals surface area contributed by atoms with Gasteiger partial charge in [-0.05, 0) is 63.8 Å². The Morgan fingerprint density at radius 3 is 2.52 bits per heavy atom. The van der Waals surface area contributed by atoms with Gasteiger partial charge >= 0.3 is 0 Å². The molecular formula is C18H29N3. The van der Waals surface area contributed by atoms with Crippen LogP contribution in [0.25, 0.3) is 0 Å². The Hall–Kier alpha value is -1.22. The molecule has 1 atom stereocenters. The van der Waals surface area contributed by atoms with E-state index in [0.717, 1.165) is 0 Å². The molecule has 0 amide bonds. The number of rotatable bonds is 4. The Morgan fingerprint density at radius 1 is 1.14 bits per heavy atom. The third-order valence-electron chi connectivity index (χ3n) is 4.99. The van der Waals surface area contributed by atoms with Gasteiger partial charge in [-0.25, -0.2) is 0 Å². The minimum Gasteiger partial charge on any atom is -0.381 e. The average Bonchev–Trinajstić information content (AvgIpc) is 3.12. The number of likely N-dealkylation sites (tertiary alicyclic amines) is 1. The van der Waals surface area contributed by atoms with Gasteiger partial charge in [0.2, 0.25) is 0 Å². The highest BCUT2D eigenvalue weighted by Crippen LogP contribution is 2.27. The van der Waals surface area contributed by atoms with E-state index in [4.69, 9.17) is 0 Å². The summed E-state index contributed by atoms with van der Waals surface area (Å²) >= 11 is 0. The molecule has 0 saturated carbocycles. The maximum absolute atomic E-state index is 3.75. The minimum atomic E-state index is 0.601. The molecule has 21 heavy (non-hydrogen) atoms. The Balaban J connectivity index is 1.63. The van der Waals surface area contributed by atoms with Crippen molar-refractivity contribution in [3.05, 3.63) is 23.8 Å². The number of hydrogen-bond acceptors (Lipinski definition) is 3. The van der Waals surface area contributed by atoms with Crippen molar-refractivity contribution < 1.29 is 0 Å². The first-order valence-electron chi connectivity index (χ1n) is 8.49. The molecule has 0 aliphatic carbocycles. The van der Waals surface area contributed by atoms with Crippen LogP contribution in [0.3, 0.4) is 0 Å². The largest absolute Gasteiger partial charge is 0.381 e. The summed E-state index contributed by atoms with van der Waals surface area (Å²) in [6.45, 7) is 11.6. The van der Waals surface area contributed by atoms with Gasteiger partial charge in [0.1, 0.15) is 0 Å². The van der Waals surface area contributed by atoms with E-state index in [9.17, 15) is 0 Å². The van der Waals surface area contributed by atoms with E-state index in [1.807, 2.05) is 0 Å². The number of aryl methyl sites for hydroxylation is 1. The summed E-state index contributed by atoms with van der Waals surface area (Å²) in [4.78, 5) is 5.07. The number of anilines is 2. The predicted octanol–water partition coefficient (Wildman–Crippen LogP) is 3.49. The lowest BCUT2D eigenvalue weighted by atomic mass is 10.1. The number of nitrogens with zero attached hydrogens (tertiary/aromatic N) is 2. The molecule has 2 saturated heterocycles. The molecule has 1 aromatic rings. The normalized spacial score (nSPS) is 23.2. The van der Waals surface area contributed by atoms with Gasteiger partial charge in [0.15, 0.2) is 0 Å². The lowest BCUT2D eigenvalue weighted by Gasteiger charge is -2.22. The maximum atomic E-state index is 3.75. The Bertz CT molecular complexity index is 477. The van der Waals surface area contributed by atoms with Crippen molar-refractivity contribution in [1.29, 1.82) is 0 Å². The summed E-state index contributed by atoms with van der Waals surface area (Å²) in [6, 6.07) is 8.18. The summed E-state index contributed by atoms with van der Waals surface area (Å²) in [5.74, 6) is 0. The second-order valence-corrected chi connectivity index (χ2v) is 6.91. The summed E-state index contributed by atoms with van der Waals surface area (Å²) in [6.07, 6.45) is 3.93. The number of benzene rings is 1. The molecular weight excluding hydrogens is 258 g/mol. The first-order chi connectivity index (χ1) is 10.1. The van der Waals surface area contributed by atoms with Crippen molar-refractivity contribution in [2.24, 2.45) is 0 Å². The molecule has 1 unspecified atom stereocenters. The highest BCUT2D eigenvalue weighted by molar-refractivity contribution is 5.61. The maximum Gasteiger partial charge on any atom is 0.0400 e. The summed E-state index contributed by atoms with van der Waals surface area (Å²) in [5.41, 5.74) is 4.08. The monoisotopic (exact) mass is 287 g/mol. The second kappa shape index (κ2) is 6.27. The fraction of sp³-hybridized carbons (Fsp3) is 0.667. The fourth-order valence-electron chi connectivity index (χ4n) is 3.58. The molecule has 0 bridgehead atoms. The molecule has 1 aromatic carbocycles. The van der Waals surface area contributed by atoms with Gasteiger partial charge in [-0.2, -0.15) is 0 Å². The third-order valence-corrected chi connectivity index (χ3v) is 4.99. The SMILES string of the molecule is Cc1cc(N2CCCC2)ccc1NC1CCN(C(C)C)C1. The minimum absolute atomic E-state index is 0.601. The van der Waals surface area contributed by atoms with Crippen molar-refractivity contribution >= 4 is 11.4 Å². The summed E-state index contributed by atoms with van der Waals surface area (Å²) in [7, 11) is 0. The van der Waals surface area contributed by atoms with Crippen molar-refractivity contribution in [1.82, 2.24) is 4.90 Å². The first-order valence-corrected chi connectivity index (χ1v) is 8.49. The molecule has 3 nitrogen and oxygen atoms in total. The van der Waals surface area contributed by atoms with E-state index in [0.29, 0.717) is 12.1 Å². The van der Waals surface area contributed by atoms with Crippen LogP contribution in [-0.4, -0.2) is 43.2 Å². The zero-order valence-electron chi connectivity index (χ0n) is 13.7. The van der Waals surface area contributed by atoms with Crippen molar-refractivity contribution in [3.8, 4) is 0 Å². The topological polar surface area (TPSA) is 18.5 Å². The van der Waals surface area contributed by atoms with E-state index in [-0.39, 0.29) is 0 Å². The van der Waals surface area contributed by atoms with Gasteiger partial charge in [-0.15, -0.1) is 0 Å². The van der Waals surface area contributed by atoms with Gasteiger partial charge in [0.05, 0.1) is 0 Å². The average molecular weight is 287 g/mol. The van der Waals surface area contributed by atoms with Crippen LogP contribution in [0.15, 0.2) is 18.2 Å². The number of hydrogen-bond donors (Lipinski definition) is 1. The van der Waals surface area contributed by atoms with E-state index in [1.54, 1.807) is 0 Å². The standard InChI is InChI=1S/C18H29N3/c1-14(2)21-11-8-16(13-21)19-18-7-6-17(12-15(18)3)20-9-4-5-10-20/h6-7,12,14,16,19H,4-5,8-11,13H2,1-3H3. The van der Waals surface area contributed by atoms with Crippen LogP contribution in [0.2, 0.25) is 0 Å². The Kier molecular flexibility index (Phi) is 4.39. The van der Waals surface area contributed by atoms with Gasteiger partial charge in [0.25, 0.3) is 0 Å². The molecule has 2 aliphatic rings. The van der Waals surface area contributed by atoms with Crippen molar-refractivity contribution in [2.75, 3.05) is 36.4 Å². The van der Waals surface area contributed by atoms with Crippen LogP contribution < -0.4 is 10.2 Å². The smallest absolute Gasteiger partial charge is 0.0400 e. The van der Waals surface area contributed by atoms with Gasteiger partial charge in [-0.1, -0.05) is 0 Å². The van der Waals surface area contributed by atoms with Crippen LogP contribution in [0.4, 0.5) is 11.4 Å². The predicted molar refractivity (Wildman–Crippen MR) is 91.4 cm³/mol. The van der Waals surface area contributed by atoms with Crippen LogP contribution >= 0.6 is 0 Å². The van der Waals surface area contributed by atoms with Gasteiger partial charge in [0, 0.05) is 49.6 Å². The highest BCUT2D eigenvalue weighted by atomic mass is 15.2. The van der Waals surface area contributed by atoms with E-state index < -0.39 is 0 Å². The van der Waals surface area contributed by atoms with Crippen LogP contribution in [-0.2, 0) is 0 Å². The van der Waals surface area contributed by atoms with Crippen LogP contribution in [0.1, 0.15) is 38.7 Å². The number of nitrogens with one attached hydrogen (secondary N) is 1. The summed E-state index contributed by atoms with van der Waals surface area (Å²) in [5, 5.41) is 3.75. The molecule has 2 fully saturated rings. The molecule has 116 valence electrons. The zero-order valence-corrected chi connectivity index (χ0v) is 13.7. The van der Waals surface area contributed by atoms with Crippen molar-refractivity contribution in [2.45, 2.75) is 52.1 Å². The van der Waals surface area contributed by atoms with Crippen LogP contribution in [0.5, 0.6) is 0 Å². The van der Waals surface area contributed by atoms with E-state index in [1.165, 1.54) is 62.4 Å². The third kappa shape index (κ3) is 3.34. The molecule has 0 aromatic heterocycles. The quantitative estimate of drug-likeness (QED) is 0.914. The Labute approximate surface area is 129 Å². The molecule has 3 rings (SSSR count). The molecule has 0 spiro atoms. The molecule has 2 aliphatic heterocycles. The molecule has 0 radical (unpaired) electrons. The lowest BCUT2D eigenvalue weighted by molar-refractivity contribution is 0.274. The van der Waals surface area contributed by atoms with Gasteiger partial charge < -0.3 is 10.2 Å². The van der Waals surface area contributed by atoms with E-state index >= 15 is 0 Å². The highest BCUT2D eigenvalue weighted by Gasteiger charge is 2.24. The van der Waals surface area contributed by atoms with Crippen LogP contribution in [0, 0.1) is 6.92 Å². The lowest BCUT2D eigenvalue weighted by Crippen LogP contribution is -2.31. The molecule has 1 N–H and O–H groups in total. The first kappa shape index (κ1) is 14.7. The van der Waals surface area contributed by atoms with Crippen molar-refractivity contribution in [3.63, 3.8) is 0 Å².